The molecule has 1 rings (SSSR count). The van der Waals surface area contributed by atoms with Crippen molar-refractivity contribution in [1.29, 1.82) is 0 Å². The van der Waals surface area contributed by atoms with Gasteiger partial charge in [-0.05, 0) is 48.9 Å². The Kier molecular flexibility index (Phi) is 6.29. The Morgan fingerprint density at radius 3 is 2.10 bits per heavy atom. The fourth-order valence-corrected chi connectivity index (χ4v) is 2.10. The van der Waals surface area contributed by atoms with Crippen LogP contribution in [0, 0.1) is 5.92 Å². The van der Waals surface area contributed by atoms with Gasteiger partial charge in [0.05, 0.1) is 0 Å². The van der Waals surface area contributed by atoms with Crippen LogP contribution in [0.1, 0.15) is 19.8 Å². The highest BCUT2D eigenvalue weighted by molar-refractivity contribution is 6.09. The van der Waals surface area contributed by atoms with Gasteiger partial charge in [0.1, 0.15) is 0 Å². The van der Waals surface area contributed by atoms with Crippen LogP contribution in [0.4, 0.5) is 0 Å². The van der Waals surface area contributed by atoms with E-state index in [4.69, 9.17) is 0 Å². The van der Waals surface area contributed by atoms with E-state index in [0.29, 0.717) is 5.92 Å². The minimum atomic E-state index is 0.190. The molecule has 20 heavy (non-hydrogen) atoms. The lowest BCUT2D eigenvalue weighted by molar-refractivity contribution is -0.113. The highest BCUT2D eigenvalue weighted by atomic mass is 16.1. The summed E-state index contributed by atoms with van der Waals surface area (Å²) in [5.74, 6) is 0.528. The van der Waals surface area contributed by atoms with Crippen molar-refractivity contribution in [3.63, 3.8) is 0 Å². The lowest BCUT2D eigenvalue weighted by Gasteiger charge is -2.22. The number of carbonyl (C=O) groups is 1. The molecule has 1 aliphatic carbocycles. The van der Waals surface area contributed by atoms with E-state index in [0.717, 1.165) is 24.0 Å². The summed E-state index contributed by atoms with van der Waals surface area (Å²) in [6.07, 6.45) is 13.6. The van der Waals surface area contributed by atoms with Crippen LogP contribution in [0.15, 0.2) is 47.9 Å². The zero-order valence-corrected chi connectivity index (χ0v) is 13.3. The second-order valence-corrected chi connectivity index (χ2v) is 5.69. The smallest absolute Gasteiger partial charge is 0.185 e. The molecular formula is C17H26N2O. The van der Waals surface area contributed by atoms with Crippen LogP contribution in [-0.4, -0.2) is 43.8 Å². The molecular weight excluding hydrogens is 248 g/mol. The first-order valence-corrected chi connectivity index (χ1v) is 7.05. The first-order chi connectivity index (χ1) is 9.41. The van der Waals surface area contributed by atoms with Gasteiger partial charge in [0.15, 0.2) is 5.78 Å². The van der Waals surface area contributed by atoms with Gasteiger partial charge in [0.2, 0.25) is 0 Å². The zero-order valence-electron chi connectivity index (χ0n) is 13.3. The summed E-state index contributed by atoms with van der Waals surface area (Å²) in [7, 11) is 7.88. The minimum absolute atomic E-state index is 0.190. The monoisotopic (exact) mass is 274 g/mol. The van der Waals surface area contributed by atoms with E-state index in [1.54, 1.807) is 0 Å². The Hall–Kier alpha value is -1.77. The third-order valence-electron chi connectivity index (χ3n) is 3.27. The molecule has 0 heterocycles. The summed E-state index contributed by atoms with van der Waals surface area (Å²) in [5, 5.41) is 0. The summed E-state index contributed by atoms with van der Waals surface area (Å²) in [6, 6.07) is 0. The van der Waals surface area contributed by atoms with E-state index in [9.17, 15) is 4.79 Å². The molecule has 0 aliphatic heterocycles. The van der Waals surface area contributed by atoms with Crippen molar-refractivity contribution in [3.05, 3.63) is 47.9 Å². The molecule has 3 heteroatoms. The molecule has 0 aromatic rings. The molecule has 0 saturated heterocycles. The molecule has 3 nitrogen and oxygen atoms in total. The predicted octanol–water partition coefficient (Wildman–Crippen LogP) is 2.99. The van der Waals surface area contributed by atoms with Crippen LogP contribution in [0.25, 0.3) is 0 Å². The Morgan fingerprint density at radius 1 is 1.00 bits per heavy atom. The van der Waals surface area contributed by atoms with Gasteiger partial charge in [-0.25, -0.2) is 0 Å². The van der Waals surface area contributed by atoms with E-state index in [1.165, 1.54) is 0 Å². The number of hydrogen-bond donors (Lipinski definition) is 0. The molecule has 1 saturated carbocycles. The zero-order chi connectivity index (χ0) is 15.1. The first kappa shape index (κ1) is 16.3. The van der Waals surface area contributed by atoms with Crippen molar-refractivity contribution in [1.82, 2.24) is 9.80 Å². The lowest BCUT2D eigenvalue weighted by Crippen LogP contribution is -2.19. The van der Waals surface area contributed by atoms with Gasteiger partial charge < -0.3 is 9.80 Å². The molecule has 110 valence electrons. The van der Waals surface area contributed by atoms with Gasteiger partial charge in [0, 0.05) is 33.8 Å². The SMILES string of the molecule is CC1CCC(=CC=CN(C)C)C(=O)C1=CC=CN(C)C. The maximum absolute atomic E-state index is 12.5. The maximum Gasteiger partial charge on any atom is 0.185 e. The molecule has 0 aromatic carbocycles. The van der Waals surface area contributed by atoms with Crippen LogP contribution in [0.5, 0.6) is 0 Å². The van der Waals surface area contributed by atoms with Gasteiger partial charge in [-0.3, -0.25) is 4.79 Å². The van der Waals surface area contributed by atoms with Gasteiger partial charge in [0.25, 0.3) is 0 Å². The molecule has 1 atom stereocenters. The number of carbonyl (C=O) groups excluding carboxylic acids is 1. The van der Waals surface area contributed by atoms with E-state index < -0.39 is 0 Å². The average Bonchev–Trinajstić information content (AvgIpc) is 2.35. The van der Waals surface area contributed by atoms with Crippen molar-refractivity contribution in [2.24, 2.45) is 5.92 Å². The third-order valence-corrected chi connectivity index (χ3v) is 3.27. The second-order valence-electron chi connectivity index (χ2n) is 5.69. The van der Waals surface area contributed by atoms with Crippen LogP contribution >= 0.6 is 0 Å². The Morgan fingerprint density at radius 2 is 1.55 bits per heavy atom. The Bertz CT molecular complexity index is 454. The molecule has 1 aliphatic rings. The maximum atomic E-state index is 12.5. The molecule has 1 fully saturated rings. The van der Waals surface area contributed by atoms with E-state index in [-0.39, 0.29) is 5.78 Å². The van der Waals surface area contributed by atoms with Gasteiger partial charge in [-0.2, -0.15) is 0 Å². The van der Waals surface area contributed by atoms with Gasteiger partial charge >= 0.3 is 0 Å². The van der Waals surface area contributed by atoms with Crippen molar-refractivity contribution in [3.8, 4) is 0 Å². The Labute approximate surface area is 122 Å². The molecule has 0 bridgehead atoms. The molecule has 1 unspecified atom stereocenters. The van der Waals surface area contributed by atoms with Crippen molar-refractivity contribution in [2.75, 3.05) is 28.2 Å². The number of hydrogen-bond acceptors (Lipinski definition) is 3. The quantitative estimate of drug-likeness (QED) is 0.736. The minimum Gasteiger partial charge on any atom is -0.383 e. The van der Waals surface area contributed by atoms with Crippen molar-refractivity contribution < 1.29 is 4.79 Å². The topological polar surface area (TPSA) is 23.6 Å². The van der Waals surface area contributed by atoms with Crippen LogP contribution in [0.3, 0.4) is 0 Å². The standard InChI is InChI=1S/C17H26N2O/c1-14-10-11-15(8-6-12-18(2)3)17(20)16(14)9-7-13-19(4)5/h6-9,12-14H,10-11H2,1-5H3. The third kappa shape index (κ3) is 5.08. The summed E-state index contributed by atoms with van der Waals surface area (Å²) >= 11 is 0. The van der Waals surface area contributed by atoms with Crippen molar-refractivity contribution >= 4 is 5.78 Å². The summed E-state index contributed by atoms with van der Waals surface area (Å²) < 4.78 is 0. The second kappa shape index (κ2) is 7.73. The molecule has 0 N–H and O–H groups in total. The number of allylic oxidation sites excluding steroid dienone is 6. The number of ketones is 1. The number of Topliss-reactive ketones (excluding diaryl/α,β-unsaturated/α-hetero) is 1. The number of rotatable bonds is 4. The normalized spacial score (nSPS) is 24.2. The molecule has 0 radical (unpaired) electrons. The van der Waals surface area contributed by atoms with Gasteiger partial charge in [-0.1, -0.05) is 19.1 Å². The molecule has 0 amide bonds. The fraction of sp³-hybridized carbons (Fsp3) is 0.471. The van der Waals surface area contributed by atoms with Gasteiger partial charge in [-0.15, -0.1) is 0 Å². The van der Waals surface area contributed by atoms with E-state index in [2.05, 4.69) is 6.92 Å². The van der Waals surface area contributed by atoms with Crippen LogP contribution < -0.4 is 0 Å². The number of nitrogens with zero attached hydrogens (tertiary/aromatic N) is 2. The Balaban J connectivity index is 2.87. The lowest BCUT2D eigenvalue weighted by atomic mass is 9.81. The summed E-state index contributed by atoms with van der Waals surface area (Å²) in [4.78, 5) is 16.4. The first-order valence-electron chi connectivity index (χ1n) is 7.05. The summed E-state index contributed by atoms with van der Waals surface area (Å²) in [6.45, 7) is 2.12. The molecule has 0 spiro atoms. The largest absolute Gasteiger partial charge is 0.383 e. The molecule has 0 aromatic heterocycles. The summed E-state index contributed by atoms with van der Waals surface area (Å²) in [5.41, 5.74) is 1.82. The highest BCUT2D eigenvalue weighted by Crippen LogP contribution is 2.30. The highest BCUT2D eigenvalue weighted by Gasteiger charge is 2.25. The van der Waals surface area contributed by atoms with Crippen LogP contribution in [-0.2, 0) is 4.79 Å². The van der Waals surface area contributed by atoms with E-state index >= 15 is 0 Å². The van der Waals surface area contributed by atoms with E-state index in [1.807, 2.05) is 74.7 Å². The average molecular weight is 274 g/mol. The van der Waals surface area contributed by atoms with Crippen molar-refractivity contribution in [2.45, 2.75) is 19.8 Å². The fourth-order valence-electron chi connectivity index (χ4n) is 2.10. The predicted molar refractivity (Wildman–Crippen MR) is 85.2 cm³/mol. The van der Waals surface area contributed by atoms with Crippen LogP contribution in [0.2, 0.25) is 0 Å².